The van der Waals surface area contributed by atoms with Crippen LogP contribution in [-0.2, 0) is 27.4 Å². The molecule has 21 heavy (non-hydrogen) atoms. The van der Waals surface area contributed by atoms with E-state index < -0.39 is 17.3 Å². The Hall–Kier alpha value is -1.85. The van der Waals surface area contributed by atoms with E-state index in [1.165, 1.54) is 0 Å². The molecule has 1 amide bonds. The number of nitrogens with zero attached hydrogens (tertiary/aromatic N) is 3. The van der Waals surface area contributed by atoms with Gasteiger partial charge >= 0.3 is 5.97 Å². The first kappa shape index (κ1) is 15.5. The molecule has 0 spiro atoms. The zero-order chi connectivity index (χ0) is 15.6. The molecule has 6 nitrogen and oxygen atoms in total. The third-order valence-electron chi connectivity index (χ3n) is 3.69. The predicted octanol–water partition coefficient (Wildman–Crippen LogP) is 1.45. The highest BCUT2D eigenvalue weighted by Crippen LogP contribution is 2.30. The molecule has 1 unspecified atom stereocenters. The van der Waals surface area contributed by atoms with Crippen LogP contribution in [0.15, 0.2) is 12.4 Å². The highest BCUT2D eigenvalue weighted by atomic mass is 16.5. The number of hydrogen-bond donors (Lipinski definition) is 0. The monoisotopic (exact) mass is 293 g/mol. The average molecular weight is 293 g/mol. The summed E-state index contributed by atoms with van der Waals surface area (Å²) in [5.74, 6) is -0.538. The van der Waals surface area contributed by atoms with E-state index in [1.54, 1.807) is 18.0 Å². The van der Waals surface area contributed by atoms with Gasteiger partial charge in [-0.1, -0.05) is 20.8 Å². The van der Waals surface area contributed by atoms with Crippen molar-refractivity contribution in [2.45, 2.75) is 40.8 Å². The lowest BCUT2D eigenvalue weighted by molar-refractivity contribution is -0.161. The Bertz CT molecular complexity index is 531. The van der Waals surface area contributed by atoms with E-state index in [4.69, 9.17) is 4.74 Å². The van der Waals surface area contributed by atoms with Crippen molar-refractivity contribution in [1.82, 2.24) is 14.5 Å². The fourth-order valence-electron chi connectivity index (χ4n) is 2.59. The zero-order valence-corrected chi connectivity index (χ0v) is 13.1. The van der Waals surface area contributed by atoms with Gasteiger partial charge in [-0.15, -0.1) is 0 Å². The molecule has 1 aliphatic rings. The number of ether oxygens (including phenoxy) is 1. The minimum Gasteiger partial charge on any atom is -0.465 e. The highest BCUT2D eigenvalue weighted by Gasteiger charge is 2.41. The van der Waals surface area contributed by atoms with E-state index in [-0.39, 0.29) is 12.5 Å². The molecule has 1 atom stereocenters. The molecule has 0 bridgehead atoms. The summed E-state index contributed by atoms with van der Waals surface area (Å²) < 4.78 is 7.12. The first-order valence-corrected chi connectivity index (χ1v) is 7.30. The lowest BCUT2D eigenvalue weighted by atomic mass is 9.79. The summed E-state index contributed by atoms with van der Waals surface area (Å²) in [5, 5.41) is 0. The maximum Gasteiger partial charge on any atom is 0.319 e. The van der Waals surface area contributed by atoms with Crippen LogP contribution < -0.4 is 0 Å². The quantitative estimate of drug-likeness (QED) is 0.625. The molecule has 116 valence electrons. The van der Waals surface area contributed by atoms with Gasteiger partial charge in [-0.25, -0.2) is 4.98 Å². The molecule has 0 saturated carbocycles. The molecule has 6 heteroatoms. The molecule has 1 aliphatic heterocycles. The summed E-state index contributed by atoms with van der Waals surface area (Å²) in [6, 6.07) is 0. The van der Waals surface area contributed by atoms with E-state index in [9.17, 15) is 9.59 Å². The van der Waals surface area contributed by atoms with E-state index in [0.717, 1.165) is 5.82 Å². The molecule has 0 radical (unpaired) electrons. The Labute approximate surface area is 125 Å². The van der Waals surface area contributed by atoms with Crippen LogP contribution in [0.5, 0.6) is 0 Å². The summed E-state index contributed by atoms with van der Waals surface area (Å²) in [6.07, 6.45) is 3.64. The first-order chi connectivity index (χ1) is 9.84. The van der Waals surface area contributed by atoms with E-state index in [0.29, 0.717) is 19.6 Å². The van der Waals surface area contributed by atoms with Gasteiger partial charge in [0, 0.05) is 25.5 Å². The highest BCUT2D eigenvalue weighted by molar-refractivity contribution is 5.98. The van der Waals surface area contributed by atoms with Gasteiger partial charge in [-0.05, 0) is 12.3 Å². The molecular weight excluding hydrogens is 270 g/mol. The maximum atomic E-state index is 12.8. The van der Waals surface area contributed by atoms with Crippen molar-refractivity contribution in [2.24, 2.45) is 11.3 Å². The number of esters is 1. The van der Waals surface area contributed by atoms with Crippen LogP contribution in [0.3, 0.4) is 0 Å². The minimum absolute atomic E-state index is 0.171. The maximum absolute atomic E-state index is 12.8. The normalized spacial score (nSPS) is 16.3. The van der Waals surface area contributed by atoms with Crippen molar-refractivity contribution >= 4 is 11.9 Å². The molecular formula is C15H23N3O3. The molecule has 1 aromatic heterocycles. The van der Waals surface area contributed by atoms with Crippen molar-refractivity contribution in [1.29, 1.82) is 0 Å². The first-order valence-electron chi connectivity index (χ1n) is 7.30. The summed E-state index contributed by atoms with van der Waals surface area (Å²) in [6.45, 7) is 9.43. The van der Waals surface area contributed by atoms with Crippen molar-refractivity contribution < 1.29 is 14.3 Å². The fraction of sp³-hybridized carbons (Fsp3) is 0.667. The Morgan fingerprint density at radius 3 is 2.71 bits per heavy atom. The number of imidazole rings is 1. The molecule has 2 rings (SSSR count). The van der Waals surface area contributed by atoms with E-state index in [2.05, 4.69) is 4.98 Å². The van der Waals surface area contributed by atoms with Crippen molar-refractivity contribution in [3.05, 3.63) is 18.2 Å². The number of carbonyl (C=O) groups excluding carboxylic acids is 2. The minimum atomic E-state index is -0.779. The molecule has 0 aromatic carbocycles. The summed E-state index contributed by atoms with van der Waals surface area (Å²) in [5.41, 5.74) is -0.476. The topological polar surface area (TPSA) is 64.4 Å². The van der Waals surface area contributed by atoms with Gasteiger partial charge in [0.2, 0.25) is 5.91 Å². The van der Waals surface area contributed by atoms with Crippen LogP contribution in [0.2, 0.25) is 0 Å². The summed E-state index contributed by atoms with van der Waals surface area (Å²) in [7, 11) is 0. The van der Waals surface area contributed by atoms with Crippen molar-refractivity contribution in [2.75, 3.05) is 13.2 Å². The molecule has 1 aromatic rings. The molecule has 0 fully saturated rings. The summed E-state index contributed by atoms with van der Waals surface area (Å²) in [4.78, 5) is 30.9. The van der Waals surface area contributed by atoms with Crippen LogP contribution in [0.25, 0.3) is 0 Å². The number of amides is 1. The van der Waals surface area contributed by atoms with Gasteiger partial charge in [-0.2, -0.15) is 0 Å². The standard InChI is InChI=1S/C15H23N3O3/c1-5-21-14(20)12(15(2,3)4)13(19)18-9-8-17-7-6-16-11(17)10-18/h6-7,12H,5,8-10H2,1-4H3. The smallest absolute Gasteiger partial charge is 0.319 e. The van der Waals surface area contributed by atoms with Crippen LogP contribution in [-0.4, -0.2) is 39.5 Å². The van der Waals surface area contributed by atoms with Gasteiger partial charge in [-0.3, -0.25) is 9.59 Å². The van der Waals surface area contributed by atoms with Gasteiger partial charge in [0.25, 0.3) is 0 Å². The van der Waals surface area contributed by atoms with E-state index >= 15 is 0 Å². The largest absolute Gasteiger partial charge is 0.465 e. The number of carbonyl (C=O) groups is 2. The second-order valence-electron chi connectivity index (χ2n) is 6.35. The van der Waals surface area contributed by atoms with Crippen LogP contribution in [0.1, 0.15) is 33.5 Å². The molecule has 2 heterocycles. The number of hydrogen-bond acceptors (Lipinski definition) is 4. The van der Waals surface area contributed by atoms with Gasteiger partial charge in [0.1, 0.15) is 11.7 Å². The summed E-state index contributed by atoms with van der Waals surface area (Å²) >= 11 is 0. The number of rotatable bonds is 3. The third-order valence-corrected chi connectivity index (χ3v) is 3.69. The van der Waals surface area contributed by atoms with Crippen LogP contribution >= 0.6 is 0 Å². The van der Waals surface area contributed by atoms with Crippen LogP contribution in [0.4, 0.5) is 0 Å². The lowest BCUT2D eigenvalue weighted by Crippen LogP contribution is -2.48. The van der Waals surface area contributed by atoms with E-state index in [1.807, 2.05) is 31.5 Å². The fourth-order valence-corrected chi connectivity index (χ4v) is 2.59. The average Bonchev–Trinajstić information content (AvgIpc) is 2.84. The second kappa shape index (κ2) is 5.87. The van der Waals surface area contributed by atoms with Crippen molar-refractivity contribution in [3.8, 4) is 0 Å². The molecule has 0 saturated heterocycles. The van der Waals surface area contributed by atoms with Gasteiger partial charge < -0.3 is 14.2 Å². The molecule has 0 aliphatic carbocycles. The SMILES string of the molecule is CCOC(=O)C(C(=O)N1CCn2ccnc2C1)C(C)(C)C. The van der Waals surface area contributed by atoms with Gasteiger partial charge in [0.05, 0.1) is 13.2 Å². The Balaban J connectivity index is 2.18. The number of fused-ring (bicyclic) bond motifs is 1. The van der Waals surface area contributed by atoms with Crippen LogP contribution in [0, 0.1) is 11.3 Å². The lowest BCUT2D eigenvalue weighted by Gasteiger charge is -2.34. The Morgan fingerprint density at radius 1 is 1.38 bits per heavy atom. The Morgan fingerprint density at radius 2 is 2.10 bits per heavy atom. The van der Waals surface area contributed by atoms with Crippen molar-refractivity contribution in [3.63, 3.8) is 0 Å². The molecule has 0 N–H and O–H groups in total. The van der Waals surface area contributed by atoms with Gasteiger partial charge in [0.15, 0.2) is 0 Å². The number of aromatic nitrogens is 2. The third kappa shape index (κ3) is 3.25. The zero-order valence-electron chi connectivity index (χ0n) is 13.1. The predicted molar refractivity (Wildman–Crippen MR) is 77.2 cm³/mol. The Kier molecular flexibility index (Phi) is 4.34. The second-order valence-corrected chi connectivity index (χ2v) is 6.35.